The second kappa shape index (κ2) is 19.0. The van der Waals surface area contributed by atoms with Crippen LogP contribution in [0, 0.1) is 80.8 Å². The third-order valence-corrected chi connectivity index (χ3v) is 20.8. The number of fused-ring (bicyclic) bond motifs is 10. The molecule has 16 unspecified atom stereocenters. The zero-order chi connectivity index (χ0) is 44.8. The molecule has 3 N–H and O–H groups in total. The monoisotopic (exact) mass is 857 g/mol. The van der Waals surface area contributed by atoms with Crippen molar-refractivity contribution >= 4 is 11.9 Å². The Morgan fingerprint density at radius 1 is 0.661 bits per heavy atom. The number of aliphatic carboxylic acids is 1. The zero-order valence-electron chi connectivity index (χ0n) is 40.7. The van der Waals surface area contributed by atoms with Crippen LogP contribution in [0.1, 0.15) is 191 Å². The van der Waals surface area contributed by atoms with Crippen molar-refractivity contribution in [1.82, 2.24) is 0 Å². The summed E-state index contributed by atoms with van der Waals surface area (Å²) in [5.41, 5.74) is 5.95. The normalized spacial score (nSPS) is 43.4. The van der Waals surface area contributed by atoms with Crippen LogP contribution in [0.3, 0.4) is 0 Å². The van der Waals surface area contributed by atoms with Gasteiger partial charge in [0.05, 0.1) is 18.8 Å². The number of rotatable bonds is 11. The number of carbonyl (C=O) groups excluding carboxylic acids is 1. The Labute approximate surface area is 377 Å². The Morgan fingerprint density at radius 3 is 1.52 bits per heavy atom. The summed E-state index contributed by atoms with van der Waals surface area (Å²) >= 11 is 0. The van der Waals surface area contributed by atoms with Crippen LogP contribution in [0.4, 0.5) is 0 Å². The van der Waals surface area contributed by atoms with E-state index in [1.165, 1.54) is 77.0 Å². The van der Waals surface area contributed by atoms with Gasteiger partial charge in [0, 0.05) is 11.1 Å². The quantitative estimate of drug-likeness (QED) is 0.109. The number of ether oxygens (including phenoxy) is 1. The van der Waals surface area contributed by atoms with Crippen molar-refractivity contribution in [3.8, 4) is 0 Å². The van der Waals surface area contributed by atoms with Crippen molar-refractivity contribution in [3.63, 3.8) is 0 Å². The number of allylic oxidation sites excluding steroid dienone is 4. The molecule has 8 rings (SSSR count). The molecule has 6 saturated carbocycles. The van der Waals surface area contributed by atoms with Gasteiger partial charge in [-0.2, -0.15) is 0 Å². The third-order valence-electron chi connectivity index (χ3n) is 20.8. The van der Waals surface area contributed by atoms with E-state index in [4.69, 9.17) is 9.84 Å². The number of carboxylic acids is 1. The number of hydrogen-bond donors (Lipinski definition) is 3. The van der Waals surface area contributed by atoms with Crippen LogP contribution in [0.25, 0.3) is 0 Å². The number of carboxylic acid groups (broad SMARTS) is 1. The van der Waals surface area contributed by atoms with Gasteiger partial charge >= 0.3 is 11.9 Å². The number of aliphatic hydroxyl groups is 2. The maximum Gasteiger partial charge on any atom is 0.333 e. The van der Waals surface area contributed by atoms with Crippen LogP contribution < -0.4 is 0 Å². The molecule has 0 aromatic rings. The van der Waals surface area contributed by atoms with Crippen molar-refractivity contribution in [3.05, 3.63) is 46.6 Å². The molecule has 6 heteroatoms. The van der Waals surface area contributed by atoms with E-state index in [2.05, 4.69) is 59.8 Å². The van der Waals surface area contributed by atoms with Crippen molar-refractivity contribution in [1.29, 1.82) is 0 Å². The van der Waals surface area contributed by atoms with Crippen LogP contribution in [-0.2, 0) is 14.3 Å². The fraction of sp³-hybridized carbons (Fsp3) is 0.821. The summed E-state index contributed by atoms with van der Waals surface area (Å²) in [6.07, 6.45) is 32.5. The zero-order valence-corrected chi connectivity index (χ0v) is 40.7. The maximum atomic E-state index is 11.9. The highest BCUT2D eigenvalue weighted by atomic mass is 16.5. The van der Waals surface area contributed by atoms with Crippen molar-refractivity contribution in [2.75, 3.05) is 6.61 Å². The number of aliphatic hydroxyl groups excluding tert-OH is 2. The maximum absolute atomic E-state index is 11.9. The van der Waals surface area contributed by atoms with Gasteiger partial charge < -0.3 is 20.1 Å². The highest BCUT2D eigenvalue weighted by molar-refractivity contribution is 5.87. The Balaban J connectivity index is 0.000000187. The van der Waals surface area contributed by atoms with E-state index in [1.54, 1.807) is 18.1 Å². The molecule has 0 aromatic heterocycles. The lowest BCUT2D eigenvalue weighted by Crippen LogP contribution is -2.50. The second-order valence-corrected chi connectivity index (χ2v) is 23.7. The largest absolute Gasteiger partial charge is 0.478 e. The molecule has 8 aliphatic rings. The standard InChI is InChI=1S/C29H46O3.C27H42O3/c1-6-32-27(31)20(3)9-7-8-19(2)24-12-13-25-23-11-10-21-18-22(30)14-16-28(21,4)26(23)15-17-29(24,25)5;1-17(6-5-7-18(2)25(29)30)22-10-11-23-21-9-8-19-16-20(28)12-14-26(19,3)24(21)13-15-27(22,23)4/h9-10,19,22-26,30H,6-8,11-18H2,1-5H3;7-8,17,20-24,28H,5-6,9-16H2,1-4H3,(H,29,30)/b20-9+;18-7+. The average Bonchev–Trinajstić information content (AvgIpc) is 3.78. The summed E-state index contributed by atoms with van der Waals surface area (Å²) in [5, 5.41) is 29.5. The lowest BCUT2D eigenvalue weighted by atomic mass is 9.47. The van der Waals surface area contributed by atoms with Gasteiger partial charge in [-0.05, 0) is 230 Å². The number of carbonyl (C=O) groups is 2. The molecule has 0 heterocycles. The summed E-state index contributed by atoms with van der Waals surface area (Å²) in [5.74, 6) is 6.93. The molecule has 0 spiro atoms. The minimum absolute atomic E-state index is 0.113. The summed E-state index contributed by atoms with van der Waals surface area (Å²) < 4.78 is 5.12. The minimum atomic E-state index is -0.790. The van der Waals surface area contributed by atoms with Crippen LogP contribution >= 0.6 is 0 Å². The molecular weight excluding hydrogens is 769 g/mol. The fourth-order valence-electron chi connectivity index (χ4n) is 17.2. The van der Waals surface area contributed by atoms with Gasteiger partial charge in [-0.3, -0.25) is 0 Å². The predicted octanol–water partition coefficient (Wildman–Crippen LogP) is 13.2. The first-order valence-electron chi connectivity index (χ1n) is 25.9. The highest BCUT2D eigenvalue weighted by Crippen LogP contribution is 2.69. The van der Waals surface area contributed by atoms with Gasteiger partial charge in [0.15, 0.2) is 0 Å². The van der Waals surface area contributed by atoms with E-state index in [-0.39, 0.29) is 18.2 Å². The number of hydrogen-bond acceptors (Lipinski definition) is 5. The predicted molar refractivity (Wildman–Crippen MR) is 251 cm³/mol. The summed E-state index contributed by atoms with van der Waals surface area (Å²) in [4.78, 5) is 22.9. The van der Waals surface area contributed by atoms with Gasteiger partial charge in [-0.25, -0.2) is 9.59 Å². The molecule has 0 radical (unpaired) electrons. The Hall–Kier alpha value is -2.18. The molecule has 16 atom stereocenters. The van der Waals surface area contributed by atoms with Gasteiger partial charge in [-0.1, -0.05) is 77.0 Å². The molecule has 0 aromatic carbocycles. The van der Waals surface area contributed by atoms with Crippen molar-refractivity contribution < 1.29 is 29.6 Å². The van der Waals surface area contributed by atoms with E-state index in [9.17, 15) is 19.8 Å². The third kappa shape index (κ3) is 8.90. The molecule has 8 aliphatic carbocycles. The SMILES string of the molecule is C/C(=C\CCC(C)C1CCC2C3CC=C4CC(O)CCC4(C)C3CCC12C)C(=O)O.CCOC(=O)/C(C)=C/CCC(C)C1CCC2C3CC=C4CC(O)CCC4(C)C3CCC12C. The first kappa shape index (κ1) is 47.8. The second-order valence-electron chi connectivity index (χ2n) is 23.7. The number of esters is 1. The summed E-state index contributed by atoms with van der Waals surface area (Å²) in [7, 11) is 0. The summed E-state index contributed by atoms with van der Waals surface area (Å²) in [6, 6.07) is 0. The van der Waals surface area contributed by atoms with E-state index in [0.717, 1.165) is 104 Å². The lowest BCUT2D eigenvalue weighted by molar-refractivity contribution is -0.138. The van der Waals surface area contributed by atoms with Crippen LogP contribution in [0.5, 0.6) is 0 Å². The van der Waals surface area contributed by atoms with Gasteiger partial charge in [0.2, 0.25) is 0 Å². The van der Waals surface area contributed by atoms with E-state index >= 15 is 0 Å². The van der Waals surface area contributed by atoms with Crippen molar-refractivity contribution in [2.24, 2.45) is 80.8 Å². The first-order valence-corrected chi connectivity index (χ1v) is 25.9. The molecule has 0 saturated heterocycles. The molecule has 62 heavy (non-hydrogen) atoms. The molecule has 0 aliphatic heterocycles. The highest BCUT2D eigenvalue weighted by Gasteiger charge is 2.60. The van der Waals surface area contributed by atoms with E-state index in [1.807, 2.05) is 19.9 Å². The van der Waals surface area contributed by atoms with Gasteiger partial charge in [0.25, 0.3) is 0 Å². The van der Waals surface area contributed by atoms with Gasteiger partial charge in [-0.15, -0.1) is 0 Å². The molecule has 0 bridgehead atoms. The van der Waals surface area contributed by atoms with Crippen LogP contribution in [0.15, 0.2) is 46.6 Å². The topological polar surface area (TPSA) is 104 Å². The summed E-state index contributed by atoms with van der Waals surface area (Å²) in [6.45, 7) is 21.0. The molecule has 6 fully saturated rings. The minimum Gasteiger partial charge on any atom is -0.478 e. The Kier molecular flexibility index (Phi) is 14.6. The van der Waals surface area contributed by atoms with E-state index in [0.29, 0.717) is 45.7 Å². The van der Waals surface area contributed by atoms with Crippen molar-refractivity contribution in [2.45, 2.75) is 203 Å². The fourth-order valence-corrected chi connectivity index (χ4v) is 17.2. The Bertz CT molecular complexity index is 1750. The average molecular weight is 857 g/mol. The smallest absolute Gasteiger partial charge is 0.333 e. The lowest BCUT2D eigenvalue weighted by Gasteiger charge is -2.58. The van der Waals surface area contributed by atoms with E-state index < -0.39 is 5.97 Å². The first-order chi connectivity index (χ1) is 29.4. The van der Waals surface area contributed by atoms with Crippen LogP contribution in [0.2, 0.25) is 0 Å². The van der Waals surface area contributed by atoms with Crippen LogP contribution in [-0.4, -0.2) is 46.1 Å². The molecule has 6 nitrogen and oxygen atoms in total. The molecular formula is C56H88O6. The molecule has 348 valence electrons. The molecule has 0 amide bonds. The van der Waals surface area contributed by atoms with Gasteiger partial charge in [0.1, 0.15) is 0 Å². The Morgan fingerprint density at radius 2 is 1.10 bits per heavy atom.